The van der Waals surface area contributed by atoms with Crippen LogP contribution in [0.25, 0.3) is 0 Å². The Morgan fingerprint density at radius 1 is 1.04 bits per heavy atom. The third kappa shape index (κ3) is 5.44. The summed E-state index contributed by atoms with van der Waals surface area (Å²) in [6.07, 6.45) is -0.644. The molecule has 0 heterocycles. The zero-order valence-corrected chi connectivity index (χ0v) is 15.1. The van der Waals surface area contributed by atoms with Crippen molar-refractivity contribution in [3.05, 3.63) is 59.4 Å². The van der Waals surface area contributed by atoms with Crippen LogP contribution in [0.4, 0.5) is 4.39 Å². The number of rotatable bonds is 8. The van der Waals surface area contributed by atoms with Gasteiger partial charge in [-0.25, -0.2) is 4.39 Å². The normalized spacial score (nSPS) is 13.6. The Morgan fingerprint density at radius 2 is 1.72 bits per heavy atom. The lowest BCUT2D eigenvalue weighted by Gasteiger charge is -2.21. The van der Waals surface area contributed by atoms with E-state index in [9.17, 15) is 9.50 Å². The molecule has 0 aliphatic heterocycles. The molecule has 2 unspecified atom stereocenters. The van der Waals surface area contributed by atoms with Gasteiger partial charge in [-0.2, -0.15) is 0 Å². The van der Waals surface area contributed by atoms with Gasteiger partial charge in [-0.1, -0.05) is 18.2 Å². The number of halogens is 1. The minimum absolute atomic E-state index is 0.0729. The molecule has 0 spiro atoms. The van der Waals surface area contributed by atoms with Gasteiger partial charge in [-0.15, -0.1) is 0 Å². The van der Waals surface area contributed by atoms with E-state index in [2.05, 4.69) is 5.32 Å². The van der Waals surface area contributed by atoms with Gasteiger partial charge in [0.15, 0.2) is 11.5 Å². The van der Waals surface area contributed by atoms with Gasteiger partial charge in [0.25, 0.3) is 0 Å². The van der Waals surface area contributed by atoms with Crippen molar-refractivity contribution in [1.82, 2.24) is 5.32 Å². The van der Waals surface area contributed by atoms with Gasteiger partial charge in [-0.3, -0.25) is 0 Å². The van der Waals surface area contributed by atoms with E-state index in [-0.39, 0.29) is 18.0 Å². The molecule has 0 radical (unpaired) electrons. The maximum Gasteiger partial charge on any atom is 0.161 e. The molecule has 0 aromatic heterocycles. The van der Waals surface area contributed by atoms with E-state index >= 15 is 0 Å². The second kappa shape index (κ2) is 8.83. The summed E-state index contributed by atoms with van der Waals surface area (Å²) < 4.78 is 24.1. The van der Waals surface area contributed by atoms with Crippen LogP contribution in [0.3, 0.4) is 0 Å². The monoisotopic (exact) mass is 347 g/mol. The van der Waals surface area contributed by atoms with Crippen molar-refractivity contribution in [2.75, 3.05) is 7.11 Å². The maximum absolute atomic E-state index is 13.0. The topological polar surface area (TPSA) is 50.7 Å². The first-order valence-electron chi connectivity index (χ1n) is 8.41. The van der Waals surface area contributed by atoms with Crippen LogP contribution in [0.1, 0.15) is 38.0 Å². The van der Waals surface area contributed by atoms with Gasteiger partial charge in [0.2, 0.25) is 0 Å². The van der Waals surface area contributed by atoms with E-state index in [0.717, 1.165) is 5.56 Å². The van der Waals surface area contributed by atoms with Gasteiger partial charge in [0, 0.05) is 12.6 Å². The molecule has 5 heteroatoms. The Hall–Kier alpha value is -2.11. The van der Waals surface area contributed by atoms with Crippen molar-refractivity contribution in [3.63, 3.8) is 0 Å². The zero-order chi connectivity index (χ0) is 18.4. The summed E-state index contributed by atoms with van der Waals surface area (Å²) in [5, 5.41) is 13.7. The number of nitrogens with one attached hydrogen (secondary N) is 1. The predicted molar refractivity (Wildman–Crippen MR) is 96.4 cm³/mol. The molecular weight excluding hydrogens is 321 g/mol. The number of ether oxygens (including phenoxy) is 2. The summed E-state index contributed by atoms with van der Waals surface area (Å²) in [4.78, 5) is 0. The number of benzene rings is 2. The zero-order valence-electron chi connectivity index (χ0n) is 15.1. The van der Waals surface area contributed by atoms with E-state index in [1.807, 2.05) is 39.0 Å². The highest BCUT2D eigenvalue weighted by Crippen LogP contribution is 2.29. The Labute approximate surface area is 148 Å². The van der Waals surface area contributed by atoms with Crippen molar-refractivity contribution < 1.29 is 19.0 Å². The van der Waals surface area contributed by atoms with Crippen LogP contribution in [-0.4, -0.2) is 24.4 Å². The minimum atomic E-state index is -0.717. The predicted octanol–water partition coefficient (Wildman–Crippen LogP) is 3.83. The summed E-state index contributed by atoms with van der Waals surface area (Å²) in [6.45, 7) is 6.39. The van der Waals surface area contributed by atoms with Crippen LogP contribution in [0.15, 0.2) is 42.5 Å². The van der Waals surface area contributed by atoms with Gasteiger partial charge in [0.1, 0.15) is 5.82 Å². The smallest absolute Gasteiger partial charge is 0.161 e. The maximum atomic E-state index is 13.0. The fourth-order valence-corrected chi connectivity index (χ4v) is 2.51. The fourth-order valence-electron chi connectivity index (χ4n) is 2.51. The Bertz CT molecular complexity index is 673. The van der Waals surface area contributed by atoms with Gasteiger partial charge < -0.3 is 19.9 Å². The molecule has 2 atom stereocenters. The van der Waals surface area contributed by atoms with Crippen molar-refractivity contribution in [1.29, 1.82) is 0 Å². The van der Waals surface area contributed by atoms with E-state index in [1.165, 1.54) is 12.1 Å². The molecule has 25 heavy (non-hydrogen) atoms. The summed E-state index contributed by atoms with van der Waals surface area (Å²) >= 11 is 0. The number of hydrogen-bond donors (Lipinski definition) is 2. The number of methoxy groups -OCH3 is 1. The molecule has 2 N–H and O–H groups in total. The summed E-state index contributed by atoms with van der Waals surface area (Å²) in [7, 11) is 1.61. The minimum Gasteiger partial charge on any atom is -0.493 e. The van der Waals surface area contributed by atoms with Crippen molar-refractivity contribution in [3.8, 4) is 11.5 Å². The van der Waals surface area contributed by atoms with Crippen molar-refractivity contribution in [2.24, 2.45) is 0 Å². The average molecular weight is 347 g/mol. The first-order valence-corrected chi connectivity index (χ1v) is 8.41. The largest absolute Gasteiger partial charge is 0.493 e. The molecule has 2 aromatic carbocycles. The Morgan fingerprint density at radius 3 is 2.32 bits per heavy atom. The van der Waals surface area contributed by atoms with Gasteiger partial charge >= 0.3 is 0 Å². The second-order valence-electron chi connectivity index (χ2n) is 6.32. The van der Waals surface area contributed by atoms with E-state index in [4.69, 9.17) is 9.47 Å². The average Bonchev–Trinajstić information content (AvgIpc) is 2.60. The lowest BCUT2D eigenvalue weighted by atomic mass is 10.0. The SMILES string of the molecule is COc1cc(CNC(C)C(O)c2ccc(F)cc2)ccc1OC(C)C. The molecule has 4 nitrogen and oxygen atoms in total. The summed E-state index contributed by atoms with van der Waals surface area (Å²) in [6, 6.07) is 11.5. The molecule has 0 saturated carbocycles. The van der Waals surface area contributed by atoms with E-state index in [0.29, 0.717) is 23.6 Å². The Kier molecular flexibility index (Phi) is 6.79. The molecule has 0 amide bonds. The third-order valence-corrected chi connectivity index (χ3v) is 3.90. The van der Waals surface area contributed by atoms with E-state index < -0.39 is 6.10 Å². The molecule has 2 aromatic rings. The molecule has 0 aliphatic rings. The highest BCUT2D eigenvalue weighted by molar-refractivity contribution is 5.43. The molecule has 0 fully saturated rings. The first-order chi connectivity index (χ1) is 11.9. The number of aliphatic hydroxyl groups is 1. The molecule has 0 bridgehead atoms. The lowest BCUT2D eigenvalue weighted by Crippen LogP contribution is -2.31. The fraction of sp³-hybridized carbons (Fsp3) is 0.400. The first kappa shape index (κ1) is 19.2. The van der Waals surface area contributed by atoms with Gasteiger partial charge in [-0.05, 0) is 56.2 Å². The molecule has 136 valence electrons. The summed E-state index contributed by atoms with van der Waals surface area (Å²) in [5.74, 6) is 1.08. The standard InChI is InChI=1S/C20H26FNO3/c1-13(2)25-18-10-5-15(11-19(18)24-4)12-22-14(3)20(23)16-6-8-17(21)9-7-16/h5-11,13-14,20,22-23H,12H2,1-4H3. The number of aliphatic hydroxyl groups excluding tert-OH is 1. The highest BCUT2D eigenvalue weighted by atomic mass is 19.1. The number of hydrogen-bond acceptors (Lipinski definition) is 4. The lowest BCUT2D eigenvalue weighted by molar-refractivity contribution is 0.135. The Balaban J connectivity index is 1.98. The van der Waals surface area contributed by atoms with Crippen LogP contribution in [-0.2, 0) is 6.54 Å². The van der Waals surface area contributed by atoms with Crippen LogP contribution >= 0.6 is 0 Å². The highest BCUT2D eigenvalue weighted by Gasteiger charge is 2.16. The third-order valence-electron chi connectivity index (χ3n) is 3.90. The molecule has 0 aliphatic carbocycles. The van der Waals surface area contributed by atoms with Crippen LogP contribution in [0.2, 0.25) is 0 Å². The van der Waals surface area contributed by atoms with Gasteiger partial charge in [0.05, 0.1) is 19.3 Å². The quantitative estimate of drug-likeness (QED) is 0.762. The van der Waals surface area contributed by atoms with Crippen molar-refractivity contribution in [2.45, 2.75) is 45.6 Å². The second-order valence-corrected chi connectivity index (χ2v) is 6.32. The van der Waals surface area contributed by atoms with Crippen LogP contribution in [0.5, 0.6) is 11.5 Å². The van der Waals surface area contributed by atoms with Crippen LogP contribution in [0, 0.1) is 5.82 Å². The van der Waals surface area contributed by atoms with Crippen LogP contribution < -0.4 is 14.8 Å². The molecular formula is C20H26FNO3. The van der Waals surface area contributed by atoms with E-state index in [1.54, 1.807) is 19.2 Å². The molecule has 0 saturated heterocycles. The summed E-state index contributed by atoms with van der Waals surface area (Å²) in [5.41, 5.74) is 1.70. The molecule has 2 rings (SSSR count). The van der Waals surface area contributed by atoms with Crippen molar-refractivity contribution >= 4 is 0 Å².